The monoisotopic (exact) mass is 269 g/mol. The van der Waals surface area contributed by atoms with Gasteiger partial charge in [-0.1, -0.05) is 41.5 Å². The van der Waals surface area contributed by atoms with Crippen LogP contribution in [0.3, 0.4) is 0 Å². The van der Waals surface area contributed by atoms with Gasteiger partial charge in [-0.15, -0.1) is 0 Å². The number of rotatable bonds is 5. The van der Waals surface area contributed by atoms with Gasteiger partial charge in [0.05, 0.1) is 0 Å². The van der Waals surface area contributed by atoms with Crippen molar-refractivity contribution in [3.05, 3.63) is 64.7 Å². The molecule has 0 aliphatic rings. The Balaban J connectivity index is 2.07. The highest BCUT2D eigenvalue weighted by Gasteiger charge is 2.04. The molecule has 2 aromatic rings. The normalized spacial score (nSPS) is 12.2. The molecular formula is C18H23NO. The van der Waals surface area contributed by atoms with Crippen LogP contribution >= 0.6 is 0 Å². The van der Waals surface area contributed by atoms with E-state index in [-0.39, 0.29) is 0 Å². The van der Waals surface area contributed by atoms with Crippen LogP contribution in [0.2, 0.25) is 0 Å². The summed E-state index contributed by atoms with van der Waals surface area (Å²) in [7, 11) is 1.97. The topological polar surface area (TPSA) is 21.3 Å². The largest absolute Gasteiger partial charge is 0.489 e. The van der Waals surface area contributed by atoms with E-state index < -0.39 is 0 Å². The molecule has 106 valence electrons. The minimum absolute atomic E-state index is 0.333. The van der Waals surface area contributed by atoms with Gasteiger partial charge in [0.1, 0.15) is 12.4 Å². The third kappa shape index (κ3) is 3.84. The second-order valence-electron chi connectivity index (χ2n) is 5.37. The molecule has 0 aromatic heterocycles. The van der Waals surface area contributed by atoms with Gasteiger partial charge in [0, 0.05) is 6.04 Å². The number of hydrogen-bond donors (Lipinski definition) is 1. The van der Waals surface area contributed by atoms with E-state index in [1.165, 1.54) is 22.3 Å². The molecule has 2 rings (SSSR count). The highest BCUT2D eigenvalue weighted by Crippen LogP contribution is 2.20. The first-order valence-electron chi connectivity index (χ1n) is 7.05. The Hall–Kier alpha value is -1.80. The van der Waals surface area contributed by atoms with E-state index in [1.807, 2.05) is 19.2 Å². The van der Waals surface area contributed by atoms with E-state index in [0.29, 0.717) is 12.6 Å². The summed E-state index contributed by atoms with van der Waals surface area (Å²) in [4.78, 5) is 0. The molecule has 0 fully saturated rings. The van der Waals surface area contributed by atoms with Gasteiger partial charge in [0.25, 0.3) is 0 Å². The van der Waals surface area contributed by atoms with Crippen molar-refractivity contribution in [3.8, 4) is 5.75 Å². The SMILES string of the molecule is CNC(C)c1cccc(OCc2cc(C)cc(C)c2)c1. The van der Waals surface area contributed by atoms with Crippen molar-refractivity contribution in [2.75, 3.05) is 7.05 Å². The third-order valence-electron chi connectivity index (χ3n) is 3.48. The molecule has 0 bridgehead atoms. The molecule has 0 amide bonds. The van der Waals surface area contributed by atoms with E-state index in [0.717, 1.165) is 5.75 Å². The van der Waals surface area contributed by atoms with Crippen LogP contribution in [0.15, 0.2) is 42.5 Å². The molecule has 20 heavy (non-hydrogen) atoms. The summed E-state index contributed by atoms with van der Waals surface area (Å²) in [6.07, 6.45) is 0. The average Bonchev–Trinajstić information content (AvgIpc) is 2.43. The summed E-state index contributed by atoms with van der Waals surface area (Å²) >= 11 is 0. The molecule has 0 saturated carbocycles. The molecule has 1 unspecified atom stereocenters. The molecule has 0 heterocycles. The van der Waals surface area contributed by atoms with Crippen molar-refractivity contribution < 1.29 is 4.74 Å². The minimum Gasteiger partial charge on any atom is -0.489 e. The Kier molecular flexibility index (Phi) is 4.80. The van der Waals surface area contributed by atoms with Crippen LogP contribution in [-0.2, 0) is 6.61 Å². The van der Waals surface area contributed by atoms with Crippen molar-refractivity contribution >= 4 is 0 Å². The number of benzene rings is 2. The number of nitrogens with one attached hydrogen (secondary N) is 1. The summed E-state index contributed by atoms with van der Waals surface area (Å²) in [5.74, 6) is 0.920. The van der Waals surface area contributed by atoms with Gasteiger partial charge in [0.15, 0.2) is 0 Å². The Bertz CT molecular complexity index is 557. The number of ether oxygens (including phenoxy) is 1. The predicted molar refractivity (Wildman–Crippen MR) is 84.2 cm³/mol. The first kappa shape index (κ1) is 14.6. The maximum absolute atomic E-state index is 5.91. The van der Waals surface area contributed by atoms with Gasteiger partial charge in [-0.25, -0.2) is 0 Å². The molecule has 2 heteroatoms. The summed E-state index contributed by atoms with van der Waals surface area (Å²) in [6.45, 7) is 6.99. The fraction of sp³-hybridized carbons (Fsp3) is 0.333. The fourth-order valence-electron chi connectivity index (χ4n) is 2.36. The van der Waals surface area contributed by atoms with Crippen LogP contribution in [0.25, 0.3) is 0 Å². The van der Waals surface area contributed by atoms with Gasteiger partial charge in [-0.3, -0.25) is 0 Å². The fourth-order valence-corrected chi connectivity index (χ4v) is 2.36. The van der Waals surface area contributed by atoms with Gasteiger partial charge in [-0.2, -0.15) is 0 Å². The molecule has 0 aliphatic heterocycles. The van der Waals surface area contributed by atoms with Crippen LogP contribution in [0.5, 0.6) is 5.75 Å². The van der Waals surface area contributed by atoms with Gasteiger partial charge >= 0.3 is 0 Å². The van der Waals surface area contributed by atoms with Crippen molar-refractivity contribution in [2.24, 2.45) is 0 Å². The zero-order chi connectivity index (χ0) is 14.5. The van der Waals surface area contributed by atoms with E-state index in [1.54, 1.807) is 0 Å². The predicted octanol–water partition coefficient (Wildman–Crippen LogP) is 4.16. The van der Waals surface area contributed by atoms with Gasteiger partial charge in [0.2, 0.25) is 0 Å². The summed E-state index contributed by atoms with van der Waals surface area (Å²) < 4.78 is 5.91. The second kappa shape index (κ2) is 6.58. The minimum atomic E-state index is 0.333. The molecule has 0 saturated heterocycles. The lowest BCUT2D eigenvalue weighted by Gasteiger charge is -2.13. The standard InChI is InChI=1S/C18H23NO/c1-13-8-14(2)10-16(9-13)12-20-18-7-5-6-17(11-18)15(3)19-4/h5-11,15,19H,12H2,1-4H3. The van der Waals surface area contributed by atoms with Crippen molar-refractivity contribution in [1.82, 2.24) is 5.32 Å². The molecule has 2 nitrogen and oxygen atoms in total. The van der Waals surface area contributed by atoms with Gasteiger partial charge in [-0.05, 0) is 51.1 Å². The Morgan fingerprint density at radius 3 is 2.40 bits per heavy atom. The van der Waals surface area contributed by atoms with Gasteiger partial charge < -0.3 is 10.1 Å². The summed E-state index contributed by atoms with van der Waals surface area (Å²) in [6, 6.07) is 15.1. The van der Waals surface area contributed by atoms with Crippen LogP contribution in [0.1, 0.15) is 35.2 Å². The first-order chi connectivity index (χ1) is 9.58. The van der Waals surface area contributed by atoms with Crippen molar-refractivity contribution in [3.63, 3.8) is 0 Å². The highest BCUT2D eigenvalue weighted by atomic mass is 16.5. The lowest BCUT2D eigenvalue weighted by molar-refractivity contribution is 0.305. The molecule has 1 N–H and O–H groups in total. The number of aryl methyl sites for hydroxylation is 2. The Labute approximate surface area is 121 Å². The third-order valence-corrected chi connectivity index (χ3v) is 3.48. The molecule has 0 spiro atoms. The van der Waals surface area contributed by atoms with Crippen LogP contribution in [0, 0.1) is 13.8 Å². The smallest absolute Gasteiger partial charge is 0.120 e. The first-order valence-corrected chi connectivity index (χ1v) is 7.05. The number of hydrogen-bond acceptors (Lipinski definition) is 2. The molecule has 0 radical (unpaired) electrons. The van der Waals surface area contributed by atoms with E-state index in [9.17, 15) is 0 Å². The molecular weight excluding hydrogens is 246 g/mol. The van der Waals surface area contributed by atoms with Crippen molar-refractivity contribution in [2.45, 2.75) is 33.4 Å². The molecule has 1 atom stereocenters. The molecule has 0 aliphatic carbocycles. The molecule has 2 aromatic carbocycles. The zero-order valence-corrected chi connectivity index (χ0v) is 12.7. The van der Waals surface area contributed by atoms with Crippen LogP contribution < -0.4 is 10.1 Å². The summed E-state index contributed by atoms with van der Waals surface area (Å²) in [5.41, 5.74) is 5.02. The maximum atomic E-state index is 5.91. The van der Waals surface area contributed by atoms with E-state index in [4.69, 9.17) is 4.74 Å². The van der Waals surface area contributed by atoms with Crippen LogP contribution in [-0.4, -0.2) is 7.05 Å². The Morgan fingerprint density at radius 2 is 1.75 bits per heavy atom. The van der Waals surface area contributed by atoms with Crippen LogP contribution in [0.4, 0.5) is 0 Å². The van der Waals surface area contributed by atoms with E-state index >= 15 is 0 Å². The lowest BCUT2D eigenvalue weighted by atomic mass is 10.1. The zero-order valence-electron chi connectivity index (χ0n) is 12.7. The lowest BCUT2D eigenvalue weighted by Crippen LogP contribution is -2.12. The average molecular weight is 269 g/mol. The quantitative estimate of drug-likeness (QED) is 0.880. The second-order valence-corrected chi connectivity index (χ2v) is 5.37. The van der Waals surface area contributed by atoms with Crippen molar-refractivity contribution in [1.29, 1.82) is 0 Å². The van der Waals surface area contributed by atoms with E-state index in [2.05, 4.69) is 56.4 Å². The summed E-state index contributed by atoms with van der Waals surface area (Å²) in [5, 5.41) is 3.24. The Morgan fingerprint density at radius 1 is 1.05 bits per heavy atom. The highest BCUT2D eigenvalue weighted by molar-refractivity contribution is 5.32. The maximum Gasteiger partial charge on any atom is 0.120 e.